The van der Waals surface area contributed by atoms with Gasteiger partial charge in [-0.1, -0.05) is 13.8 Å². The van der Waals surface area contributed by atoms with Gasteiger partial charge in [-0.2, -0.15) is 0 Å². The van der Waals surface area contributed by atoms with Crippen LogP contribution in [0.3, 0.4) is 0 Å². The van der Waals surface area contributed by atoms with Crippen molar-refractivity contribution in [3.63, 3.8) is 0 Å². The van der Waals surface area contributed by atoms with Gasteiger partial charge in [0, 0.05) is 6.54 Å². The number of carbonyl (C=O) groups excluding carboxylic acids is 1. The maximum atomic E-state index is 11.3. The van der Waals surface area contributed by atoms with Crippen LogP contribution in [0.5, 0.6) is 0 Å². The van der Waals surface area contributed by atoms with Crippen LogP contribution in [0.2, 0.25) is 0 Å². The van der Waals surface area contributed by atoms with E-state index in [9.17, 15) is 4.79 Å². The van der Waals surface area contributed by atoms with E-state index in [2.05, 4.69) is 24.5 Å². The Hall–Kier alpha value is -0.570. The Morgan fingerprint density at radius 3 is 2.82 bits per heavy atom. The highest BCUT2D eigenvalue weighted by Gasteiger charge is 2.22. The van der Waals surface area contributed by atoms with Crippen molar-refractivity contribution in [2.24, 2.45) is 5.92 Å². The molecule has 11 heavy (non-hydrogen) atoms. The molecule has 1 amide bonds. The normalized spacial score (nSPS) is 26.5. The highest BCUT2D eigenvalue weighted by molar-refractivity contribution is 5.82. The van der Waals surface area contributed by atoms with Crippen LogP contribution in [0, 0.1) is 5.92 Å². The lowest BCUT2D eigenvalue weighted by atomic mass is 10.0. The van der Waals surface area contributed by atoms with Gasteiger partial charge < -0.3 is 10.6 Å². The molecule has 0 aliphatic carbocycles. The largest absolute Gasteiger partial charge is 0.355 e. The summed E-state index contributed by atoms with van der Waals surface area (Å²) in [6.07, 6.45) is 1.04. The van der Waals surface area contributed by atoms with E-state index in [1.807, 2.05) is 0 Å². The molecule has 0 radical (unpaired) electrons. The molecule has 64 valence electrons. The molecule has 1 atom stereocenters. The SMILES string of the molecule is CC(C)[C@@H]1NCCCNC1=O. The first kappa shape index (κ1) is 8.53. The highest BCUT2D eigenvalue weighted by atomic mass is 16.2. The summed E-state index contributed by atoms with van der Waals surface area (Å²) in [4.78, 5) is 11.3. The fraction of sp³-hybridized carbons (Fsp3) is 0.875. The third-order valence-corrected chi connectivity index (χ3v) is 1.97. The van der Waals surface area contributed by atoms with Crippen LogP contribution in [0.15, 0.2) is 0 Å². The summed E-state index contributed by atoms with van der Waals surface area (Å²) in [6.45, 7) is 5.88. The fourth-order valence-corrected chi connectivity index (χ4v) is 1.30. The first-order chi connectivity index (χ1) is 5.22. The van der Waals surface area contributed by atoms with Crippen molar-refractivity contribution in [3.8, 4) is 0 Å². The zero-order valence-electron chi connectivity index (χ0n) is 7.18. The van der Waals surface area contributed by atoms with Gasteiger partial charge in [0.1, 0.15) is 0 Å². The molecule has 1 heterocycles. The lowest BCUT2D eigenvalue weighted by Gasteiger charge is -2.17. The average molecular weight is 156 g/mol. The van der Waals surface area contributed by atoms with Gasteiger partial charge >= 0.3 is 0 Å². The number of amides is 1. The molecule has 1 saturated heterocycles. The van der Waals surface area contributed by atoms with Gasteiger partial charge in [-0.3, -0.25) is 4.79 Å². The Kier molecular flexibility index (Phi) is 2.88. The van der Waals surface area contributed by atoms with Gasteiger partial charge in [-0.25, -0.2) is 0 Å². The molecule has 1 fully saturated rings. The Balaban J connectivity index is 2.52. The van der Waals surface area contributed by atoms with Crippen LogP contribution in [0.4, 0.5) is 0 Å². The smallest absolute Gasteiger partial charge is 0.237 e. The summed E-state index contributed by atoms with van der Waals surface area (Å²) < 4.78 is 0. The van der Waals surface area contributed by atoms with Gasteiger partial charge in [0.15, 0.2) is 0 Å². The summed E-state index contributed by atoms with van der Waals surface area (Å²) in [7, 11) is 0. The molecule has 3 nitrogen and oxygen atoms in total. The topological polar surface area (TPSA) is 41.1 Å². The van der Waals surface area contributed by atoms with Crippen LogP contribution in [0.1, 0.15) is 20.3 Å². The van der Waals surface area contributed by atoms with Gasteiger partial charge in [-0.15, -0.1) is 0 Å². The van der Waals surface area contributed by atoms with Crippen LogP contribution >= 0.6 is 0 Å². The fourth-order valence-electron chi connectivity index (χ4n) is 1.30. The highest BCUT2D eigenvalue weighted by Crippen LogP contribution is 2.03. The Morgan fingerprint density at radius 2 is 2.18 bits per heavy atom. The second kappa shape index (κ2) is 3.72. The lowest BCUT2D eigenvalue weighted by Crippen LogP contribution is -2.44. The van der Waals surface area contributed by atoms with Crippen molar-refractivity contribution in [1.29, 1.82) is 0 Å². The van der Waals surface area contributed by atoms with Crippen molar-refractivity contribution in [3.05, 3.63) is 0 Å². The maximum absolute atomic E-state index is 11.3. The maximum Gasteiger partial charge on any atom is 0.237 e. The van der Waals surface area contributed by atoms with Crippen LogP contribution in [-0.2, 0) is 4.79 Å². The molecule has 3 heteroatoms. The van der Waals surface area contributed by atoms with E-state index in [0.29, 0.717) is 5.92 Å². The quantitative estimate of drug-likeness (QED) is 0.566. The zero-order chi connectivity index (χ0) is 8.27. The van der Waals surface area contributed by atoms with Crippen molar-refractivity contribution < 1.29 is 4.79 Å². The van der Waals surface area contributed by atoms with Gasteiger partial charge in [0.2, 0.25) is 5.91 Å². The standard InChI is InChI=1S/C8H16N2O/c1-6(2)7-8(11)10-5-3-4-9-7/h6-7,9H,3-5H2,1-2H3,(H,10,11)/t7-/m0/s1. The minimum Gasteiger partial charge on any atom is -0.355 e. The van der Waals surface area contributed by atoms with E-state index in [4.69, 9.17) is 0 Å². The minimum absolute atomic E-state index is 0.0116. The number of carbonyl (C=O) groups is 1. The van der Waals surface area contributed by atoms with Crippen molar-refractivity contribution >= 4 is 5.91 Å². The molecular formula is C8H16N2O. The summed E-state index contributed by atoms with van der Waals surface area (Å²) in [5.41, 5.74) is 0. The molecule has 0 bridgehead atoms. The first-order valence-corrected chi connectivity index (χ1v) is 4.23. The molecule has 0 spiro atoms. The monoisotopic (exact) mass is 156 g/mol. The molecule has 1 aliphatic rings. The molecule has 1 aliphatic heterocycles. The second-order valence-corrected chi connectivity index (χ2v) is 3.32. The van der Waals surface area contributed by atoms with E-state index < -0.39 is 0 Å². The predicted octanol–water partition coefficient (Wildman–Crippen LogP) is 0.120. The Labute approximate surface area is 67.5 Å². The van der Waals surface area contributed by atoms with E-state index in [0.717, 1.165) is 19.5 Å². The van der Waals surface area contributed by atoms with Gasteiger partial charge in [0.05, 0.1) is 6.04 Å². The number of nitrogens with one attached hydrogen (secondary N) is 2. The van der Waals surface area contributed by atoms with Crippen LogP contribution in [-0.4, -0.2) is 25.0 Å². The van der Waals surface area contributed by atoms with E-state index in [1.165, 1.54) is 0 Å². The average Bonchev–Trinajstić information content (AvgIpc) is 2.13. The third kappa shape index (κ3) is 2.19. The van der Waals surface area contributed by atoms with Crippen molar-refractivity contribution in [2.75, 3.05) is 13.1 Å². The third-order valence-electron chi connectivity index (χ3n) is 1.97. The Bertz CT molecular complexity index is 145. The molecule has 0 aromatic rings. The second-order valence-electron chi connectivity index (χ2n) is 3.32. The van der Waals surface area contributed by atoms with E-state index in [1.54, 1.807) is 0 Å². The van der Waals surface area contributed by atoms with E-state index >= 15 is 0 Å². The molecule has 0 unspecified atom stereocenters. The van der Waals surface area contributed by atoms with Crippen LogP contribution in [0.25, 0.3) is 0 Å². The van der Waals surface area contributed by atoms with Crippen molar-refractivity contribution in [1.82, 2.24) is 10.6 Å². The minimum atomic E-state index is 0.0116. The first-order valence-electron chi connectivity index (χ1n) is 4.23. The molecular weight excluding hydrogens is 140 g/mol. The molecule has 1 rings (SSSR count). The van der Waals surface area contributed by atoms with Crippen molar-refractivity contribution in [2.45, 2.75) is 26.3 Å². The summed E-state index contributed by atoms with van der Waals surface area (Å²) in [6, 6.07) is 0.0116. The lowest BCUT2D eigenvalue weighted by molar-refractivity contribution is -0.123. The number of hydrogen-bond acceptors (Lipinski definition) is 2. The molecule has 2 N–H and O–H groups in total. The number of rotatable bonds is 1. The predicted molar refractivity (Wildman–Crippen MR) is 44.3 cm³/mol. The molecule has 0 aromatic heterocycles. The molecule has 0 saturated carbocycles. The van der Waals surface area contributed by atoms with Crippen LogP contribution < -0.4 is 10.6 Å². The van der Waals surface area contributed by atoms with E-state index in [-0.39, 0.29) is 11.9 Å². The summed E-state index contributed by atoms with van der Waals surface area (Å²) in [5.74, 6) is 0.533. The zero-order valence-corrected chi connectivity index (χ0v) is 7.18. The Morgan fingerprint density at radius 1 is 1.45 bits per heavy atom. The van der Waals surface area contributed by atoms with Gasteiger partial charge in [-0.05, 0) is 18.9 Å². The molecule has 0 aromatic carbocycles. The summed E-state index contributed by atoms with van der Waals surface area (Å²) >= 11 is 0. The summed E-state index contributed by atoms with van der Waals surface area (Å²) in [5, 5.41) is 6.09. The van der Waals surface area contributed by atoms with Gasteiger partial charge in [0.25, 0.3) is 0 Å². The number of hydrogen-bond donors (Lipinski definition) is 2.